The smallest absolute Gasteiger partial charge is 0.409 e. The molecule has 0 atom stereocenters. The van der Waals surface area contributed by atoms with Crippen molar-refractivity contribution in [3.63, 3.8) is 0 Å². The summed E-state index contributed by atoms with van der Waals surface area (Å²) in [6, 6.07) is 0. The molecule has 0 aromatic rings. The van der Waals surface area contributed by atoms with Crippen LogP contribution < -0.4 is 0 Å². The van der Waals surface area contributed by atoms with Crippen molar-refractivity contribution in [2.24, 2.45) is 5.92 Å². The van der Waals surface area contributed by atoms with Crippen molar-refractivity contribution in [1.29, 1.82) is 0 Å². The van der Waals surface area contributed by atoms with E-state index in [-0.39, 0.29) is 13.1 Å². The van der Waals surface area contributed by atoms with Crippen LogP contribution in [0.25, 0.3) is 0 Å². The largest absolute Gasteiger partial charge is 0.449 e. The number of nitrogens with zero attached hydrogens (tertiary/aromatic N) is 1. The highest BCUT2D eigenvalue weighted by Gasteiger charge is 2.31. The first-order valence-electron chi connectivity index (χ1n) is 4.15. The van der Waals surface area contributed by atoms with Gasteiger partial charge in [-0.15, -0.1) is 0 Å². The van der Waals surface area contributed by atoms with Crippen LogP contribution in [0.5, 0.6) is 0 Å². The Morgan fingerprint density at radius 3 is 2.67 bits per heavy atom. The first kappa shape index (κ1) is 9.29. The van der Waals surface area contributed by atoms with Crippen LogP contribution in [0.2, 0.25) is 0 Å². The fourth-order valence-corrected chi connectivity index (χ4v) is 0.903. The van der Waals surface area contributed by atoms with Crippen molar-refractivity contribution in [3.05, 3.63) is 0 Å². The first-order chi connectivity index (χ1) is 5.59. The summed E-state index contributed by atoms with van der Waals surface area (Å²) in [4.78, 5) is 12.4. The Morgan fingerprint density at radius 1 is 1.67 bits per heavy atom. The molecule has 12 heavy (non-hydrogen) atoms. The van der Waals surface area contributed by atoms with Gasteiger partial charge in [-0.3, -0.25) is 0 Å². The molecule has 0 N–H and O–H groups in total. The zero-order chi connectivity index (χ0) is 9.14. The third kappa shape index (κ3) is 2.36. The summed E-state index contributed by atoms with van der Waals surface area (Å²) in [6.07, 6.45) is -1.24. The quantitative estimate of drug-likeness (QED) is 0.635. The number of halogens is 1. The average Bonchev–Trinajstić information content (AvgIpc) is 1.94. The van der Waals surface area contributed by atoms with E-state index in [1.807, 2.05) is 13.8 Å². The number of hydrogen-bond acceptors (Lipinski definition) is 2. The summed E-state index contributed by atoms with van der Waals surface area (Å²) in [6.45, 7) is 4.71. The van der Waals surface area contributed by atoms with Crippen molar-refractivity contribution in [2.75, 3.05) is 19.7 Å². The number of rotatable bonds is 2. The zero-order valence-electron chi connectivity index (χ0n) is 7.42. The Labute approximate surface area is 71.5 Å². The van der Waals surface area contributed by atoms with Gasteiger partial charge in [-0.1, -0.05) is 13.8 Å². The second-order valence-electron chi connectivity index (χ2n) is 3.47. The normalized spacial score (nSPS) is 17.8. The van der Waals surface area contributed by atoms with Crippen molar-refractivity contribution in [2.45, 2.75) is 20.0 Å². The molecule has 70 valence electrons. The van der Waals surface area contributed by atoms with Gasteiger partial charge >= 0.3 is 6.09 Å². The standard InChI is InChI=1S/C8H14FNO2/c1-6(2)5-12-8(11)10-3-7(9)4-10/h6-7H,3-5H2,1-2H3. The SMILES string of the molecule is CC(C)COC(=O)N1CC(F)C1. The predicted molar refractivity (Wildman–Crippen MR) is 42.7 cm³/mol. The van der Waals surface area contributed by atoms with E-state index in [4.69, 9.17) is 4.74 Å². The van der Waals surface area contributed by atoms with E-state index >= 15 is 0 Å². The van der Waals surface area contributed by atoms with Gasteiger partial charge < -0.3 is 9.64 Å². The summed E-state index contributed by atoms with van der Waals surface area (Å²) in [5.41, 5.74) is 0. The molecule has 0 unspecified atom stereocenters. The van der Waals surface area contributed by atoms with Gasteiger partial charge in [0, 0.05) is 0 Å². The number of alkyl halides is 1. The average molecular weight is 175 g/mol. The fraction of sp³-hybridized carbons (Fsp3) is 0.875. The molecular formula is C8H14FNO2. The summed E-state index contributed by atoms with van der Waals surface area (Å²) in [5, 5.41) is 0. The molecule has 0 aromatic heterocycles. The Bertz CT molecular complexity index is 166. The molecule has 0 saturated carbocycles. The summed E-state index contributed by atoms with van der Waals surface area (Å²) in [7, 11) is 0. The van der Waals surface area contributed by atoms with E-state index in [0.717, 1.165) is 0 Å². The molecule has 1 aliphatic rings. The minimum Gasteiger partial charge on any atom is -0.449 e. The third-order valence-electron chi connectivity index (χ3n) is 1.64. The zero-order valence-corrected chi connectivity index (χ0v) is 7.42. The van der Waals surface area contributed by atoms with E-state index in [1.54, 1.807) is 0 Å². The molecule has 0 spiro atoms. The van der Waals surface area contributed by atoms with Gasteiger partial charge in [0.25, 0.3) is 0 Å². The van der Waals surface area contributed by atoms with Gasteiger partial charge in [-0.2, -0.15) is 0 Å². The Kier molecular flexibility index (Phi) is 2.89. The molecule has 0 aliphatic carbocycles. The van der Waals surface area contributed by atoms with Crippen LogP contribution in [0.3, 0.4) is 0 Å². The molecule has 1 aliphatic heterocycles. The number of carbonyl (C=O) groups excluding carboxylic acids is 1. The number of amides is 1. The molecule has 1 saturated heterocycles. The van der Waals surface area contributed by atoms with Crippen LogP contribution in [-0.2, 0) is 4.74 Å². The van der Waals surface area contributed by atoms with Crippen molar-refractivity contribution < 1.29 is 13.9 Å². The molecule has 1 amide bonds. The Balaban J connectivity index is 2.13. The summed E-state index contributed by atoms with van der Waals surface area (Å²) in [5.74, 6) is 0.330. The van der Waals surface area contributed by atoms with Gasteiger partial charge in [-0.25, -0.2) is 9.18 Å². The molecule has 4 heteroatoms. The van der Waals surface area contributed by atoms with E-state index in [1.165, 1.54) is 4.90 Å². The van der Waals surface area contributed by atoms with Crippen LogP contribution in [0.4, 0.5) is 9.18 Å². The molecule has 1 heterocycles. The van der Waals surface area contributed by atoms with Gasteiger partial charge in [0.1, 0.15) is 6.17 Å². The second-order valence-corrected chi connectivity index (χ2v) is 3.47. The summed E-state index contributed by atoms with van der Waals surface area (Å²) < 4.78 is 17.2. The van der Waals surface area contributed by atoms with Crippen molar-refractivity contribution in [1.82, 2.24) is 4.90 Å². The lowest BCUT2D eigenvalue weighted by molar-refractivity contribution is 0.0339. The third-order valence-corrected chi connectivity index (χ3v) is 1.64. The minimum atomic E-state index is -0.850. The first-order valence-corrected chi connectivity index (χ1v) is 4.15. The maximum Gasteiger partial charge on any atom is 0.409 e. The number of hydrogen-bond donors (Lipinski definition) is 0. The monoisotopic (exact) mass is 175 g/mol. The van der Waals surface area contributed by atoms with Crippen LogP contribution in [-0.4, -0.2) is 36.9 Å². The van der Waals surface area contributed by atoms with Crippen LogP contribution in [0.15, 0.2) is 0 Å². The van der Waals surface area contributed by atoms with Crippen molar-refractivity contribution in [3.8, 4) is 0 Å². The lowest BCUT2D eigenvalue weighted by atomic mass is 10.2. The number of carbonyl (C=O) groups is 1. The Hall–Kier alpha value is -0.800. The lowest BCUT2D eigenvalue weighted by Gasteiger charge is -2.33. The molecule has 0 bridgehead atoms. The van der Waals surface area contributed by atoms with E-state index in [9.17, 15) is 9.18 Å². The second kappa shape index (κ2) is 3.74. The van der Waals surface area contributed by atoms with E-state index in [2.05, 4.69) is 0 Å². The van der Waals surface area contributed by atoms with E-state index in [0.29, 0.717) is 12.5 Å². The Morgan fingerprint density at radius 2 is 2.25 bits per heavy atom. The van der Waals surface area contributed by atoms with Crippen LogP contribution >= 0.6 is 0 Å². The highest BCUT2D eigenvalue weighted by molar-refractivity contribution is 5.68. The number of likely N-dealkylation sites (tertiary alicyclic amines) is 1. The van der Waals surface area contributed by atoms with Gasteiger partial charge in [-0.05, 0) is 5.92 Å². The minimum absolute atomic E-state index is 0.191. The highest BCUT2D eigenvalue weighted by atomic mass is 19.1. The van der Waals surface area contributed by atoms with Crippen molar-refractivity contribution >= 4 is 6.09 Å². The molecule has 0 radical (unpaired) electrons. The molecule has 0 aromatic carbocycles. The van der Waals surface area contributed by atoms with E-state index < -0.39 is 12.3 Å². The van der Waals surface area contributed by atoms with Gasteiger partial charge in [0.05, 0.1) is 19.7 Å². The maximum atomic E-state index is 12.3. The van der Waals surface area contributed by atoms with Gasteiger partial charge in [0.2, 0.25) is 0 Å². The van der Waals surface area contributed by atoms with Gasteiger partial charge in [0.15, 0.2) is 0 Å². The predicted octanol–water partition coefficient (Wildman–Crippen LogP) is 1.43. The topological polar surface area (TPSA) is 29.5 Å². The molecular weight excluding hydrogens is 161 g/mol. The fourth-order valence-electron chi connectivity index (χ4n) is 0.903. The summed E-state index contributed by atoms with van der Waals surface area (Å²) >= 11 is 0. The number of ether oxygens (including phenoxy) is 1. The maximum absolute atomic E-state index is 12.3. The molecule has 1 rings (SSSR count). The molecule has 1 fully saturated rings. The highest BCUT2D eigenvalue weighted by Crippen LogP contribution is 2.12. The molecule has 3 nitrogen and oxygen atoms in total. The van der Waals surface area contributed by atoms with Crippen LogP contribution in [0, 0.1) is 5.92 Å². The van der Waals surface area contributed by atoms with Crippen LogP contribution in [0.1, 0.15) is 13.8 Å². The lowest BCUT2D eigenvalue weighted by Crippen LogP contribution is -2.51.